The van der Waals surface area contributed by atoms with Gasteiger partial charge in [-0.25, -0.2) is 8.78 Å². The zero-order chi connectivity index (χ0) is 10.1. The maximum atomic E-state index is 12.4. The van der Waals surface area contributed by atoms with Crippen molar-refractivity contribution >= 4 is 15.9 Å². The number of hydrogen-bond donors (Lipinski definition) is 1. The smallest absolute Gasteiger partial charge is 0.254 e. The Labute approximate surface area is 89.6 Å². The summed E-state index contributed by atoms with van der Waals surface area (Å²) >= 11 is 3.41. The first-order valence-electron chi connectivity index (χ1n) is 4.46. The highest BCUT2D eigenvalue weighted by atomic mass is 79.9. The van der Waals surface area contributed by atoms with Crippen LogP contribution < -0.4 is 5.32 Å². The number of alkyl halides is 2. The maximum Gasteiger partial charge on any atom is 0.254 e. The zero-order valence-corrected chi connectivity index (χ0v) is 9.02. The van der Waals surface area contributed by atoms with Gasteiger partial charge in [0.25, 0.3) is 6.43 Å². The predicted molar refractivity (Wildman–Crippen MR) is 54.5 cm³/mol. The van der Waals surface area contributed by atoms with Crippen LogP contribution in [0, 0.1) is 0 Å². The van der Waals surface area contributed by atoms with Crippen LogP contribution in [0.4, 0.5) is 8.78 Å². The molecule has 0 saturated carbocycles. The average Bonchev–Trinajstić information content (AvgIpc) is 2.17. The summed E-state index contributed by atoms with van der Waals surface area (Å²) in [5, 5.41) is 2.84. The molecule has 1 aromatic carbocycles. The molecule has 0 radical (unpaired) electrons. The third-order valence-electron chi connectivity index (χ3n) is 2.50. The summed E-state index contributed by atoms with van der Waals surface area (Å²) < 4.78 is 25.9. The number of halogens is 3. The molecule has 4 heteroatoms. The van der Waals surface area contributed by atoms with E-state index in [-0.39, 0.29) is 0 Å². The molecule has 0 aromatic heterocycles. The van der Waals surface area contributed by atoms with Gasteiger partial charge in [-0.05, 0) is 23.6 Å². The maximum absolute atomic E-state index is 12.4. The summed E-state index contributed by atoms with van der Waals surface area (Å²) in [5.41, 5.74) is 2.12. The Morgan fingerprint density at radius 2 is 2.21 bits per heavy atom. The normalized spacial score (nSPS) is 21.0. The lowest BCUT2D eigenvalue weighted by molar-refractivity contribution is 0.0941. The third kappa shape index (κ3) is 1.81. The molecule has 1 aromatic rings. The fraction of sp³-hybridized carbons (Fsp3) is 0.400. The molecule has 1 N–H and O–H groups in total. The summed E-state index contributed by atoms with van der Waals surface area (Å²) in [4.78, 5) is 0. The van der Waals surface area contributed by atoms with Crippen molar-refractivity contribution in [3.05, 3.63) is 33.8 Å². The van der Waals surface area contributed by atoms with Crippen molar-refractivity contribution in [1.29, 1.82) is 0 Å². The summed E-state index contributed by atoms with van der Waals surface area (Å²) in [5.74, 6) is 0. The minimum atomic E-state index is -2.29. The van der Waals surface area contributed by atoms with Gasteiger partial charge in [-0.3, -0.25) is 0 Å². The van der Waals surface area contributed by atoms with Gasteiger partial charge in [0.2, 0.25) is 0 Å². The van der Waals surface area contributed by atoms with Crippen LogP contribution in [-0.4, -0.2) is 12.5 Å². The molecule has 0 amide bonds. The molecule has 0 saturated heterocycles. The van der Waals surface area contributed by atoms with Crippen LogP contribution in [-0.2, 0) is 13.0 Å². The standard InChI is InChI=1S/C10H10BrF2N/c11-8-3-1-2-6-4-9(10(12)13)14-5-7(6)8/h1-3,9-10,14H,4-5H2. The number of fused-ring (bicyclic) bond motifs is 1. The van der Waals surface area contributed by atoms with Gasteiger partial charge >= 0.3 is 0 Å². The summed E-state index contributed by atoms with van der Waals surface area (Å²) in [6.07, 6.45) is -1.88. The van der Waals surface area contributed by atoms with Crippen LogP contribution in [0.15, 0.2) is 22.7 Å². The van der Waals surface area contributed by atoms with E-state index in [0.717, 1.165) is 15.6 Å². The van der Waals surface area contributed by atoms with Crippen LogP contribution in [0.5, 0.6) is 0 Å². The van der Waals surface area contributed by atoms with Crippen molar-refractivity contribution in [2.24, 2.45) is 0 Å². The Kier molecular flexibility index (Phi) is 2.83. The number of rotatable bonds is 1. The molecule has 2 rings (SSSR count). The lowest BCUT2D eigenvalue weighted by atomic mass is 9.96. The van der Waals surface area contributed by atoms with Gasteiger partial charge in [-0.2, -0.15) is 0 Å². The number of nitrogens with one attached hydrogen (secondary N) is 1. The molecule has 1 nitrogen and oxygen atoms in total. The van der Waals surface area contributed by atoms with Crippen LogP contribution in [0.3, 0.4) is 0 Å². The van der Waals surface area contributed by atoms with Gasteiger partial charge in [0.05, 0.1) is 6.04 Å². The van der Waals surface area contributed by atoms with Crippen molar-refractivity contribution in [1.82, 2.24) is 5.32 Å². The van der Waals surface area contributed by atoms with Crippen LogP contribution in [0.25, 0.3) is 0 Å². The van der Waals surface area contributed by atoms with Gasteiger partial charge in [0, 0.05) is 11.0 Å². The SMILES string of the molecule is FC(F)C1Cc2cccc(Br)c2CN1. The molecule has 0 bridgehead atoms. The van der Waals surface area contributed by atoms with Gasteiger partial charge < -0.3 is 5.32 Å². The second-order valence-electron chi connectivity index (χ2n) is 3.40. The molecule has 1 unspecified atom stereocenters. The average molecular weight is 262 g/mol. The minimum Gasteiger partial charge on any atom is -0.304 e. The molecule has 0 aliphatic carbocycles. The minimum absolute atomic E-state index is 0.409. The molecule has 0 fully saturated rings. The third-order valence-corrected chi connectivity index (χ3v) is 3.24. The predicted octanol–water partition coefficient (Wildman–Crippen LogP) is 2.73. The van der Waals surface area contributed by atoms with Gasteiger partial charge in [0.1, 0.15) is 0 Å². The van der Waals surface area contributed by atoms with Crippen LogP contribution in [0.1, 0.15) is 11.1 Å². The fourth-order valence-corrected chi connectivity index (χ4v) is 2.26. The molecule has 1 aliphatic heterocycles. The van der Waals surface area contributed by atoms with E-state index in [1.165, 1.54) is 0 Å². The molecular weight excluding hydrogens is 252 g/mol. The topological polar surface area (TPSA) is 12.0 Å². The highest BCUT2D eigenvalue weighted by molar-refractivity contribution is 9.10. The van der Waals surface area contributed by atoms with Crippen molar-refractivity contribution < 1.29 is 8.78 Å². The summed E-state index contributed by atoms with van der Waals surface area (Å²) in [6, 6.07) is 5.04. The molecular formula is C10H10BrF2N. The number of benzene rings is 1. The largest absolute Gasteiger partial charge is 0.304 e. The van der Waals surface area contributed by atoms with Crippen molar-refractivity contribution in [2.75, 3.05) is 0 Å². The quantitative estimate of drug-likeness (QED) is 0.820. The highest BCUT2D eigenvalue weighted by Crippen LogP contribution is 2.26. The first-order valence-corrected chi connectivity index (χ1v) is 5.25. The highest BCUT2D eigenvalue weighted by Gasteiger charge is 2.25. The van der Waals surface area contributed by atoms with E-state index in [2.05, 4.69) is 21.2 Å². The van der Waals surface area contributed by atoms with Gasteiger partial charge in [-0.1, -0.05) is 28.1 Å². The lowest BCUT2D eigenvalue weighted by Gasteiger charge is -2.26. The van der Waals surface area contributed by atoms with Crippen LogP contribution in [0.2, 0.25) is 0 Å². The molecule has 1 atom stereocenters. The van der Waals surface area contributed by atoms with E-state index in [1.807, 2.05) is 18.2 Å². The second kappa shape index (κ2) is 3.95. The van der Waals surface area contributed by atoms with E-state index in [4.69, 9.17) is 0 Å². The van der Waals surface area contributed by atoms with Gasteiger partial charge in [-0.15, -0.1) is 0 Å². The van der Waals surface area contributed by atoms with E-state index in [0.29, 0.717) is 13.0 Å². The van der Waals surface area contributed by atoms with E-state index < -0.39 is 12.5 Å². The van der Waals surface area contributed by atoms with E-state index >= 15 is 0 Å². The lowest BCUT2D eigenvalue weighted by Crippen LogP contribution is -2.40. The first kappa shape index (κ1) is 10.1. The Bertz CT molecular complexity index is 341. The van der Waals surface area contributed by atoms with Crippen molar-refractivity contribution in [2.45, 2.75) is 25.4 Å². The summed E-state index contributed by atoms with van der Waals surface area (Å²) in [7, 11) is 0. The Morgan fingerprint density at radius 3 is 2.93 bits per heavy atom. The fourth-order valence-electron chi connectivity index (χ4n) is 1.71. The molecule has 14 heavy (non-hydrogen) atoms. The number of hydrogen-bond acceptors (Lipinski definition) is 1. The second-order valence-corrected chi connectivity index (χ2v) is 4.26. The molecule has 1 heterocycles. The van der Waals surface area contributed by atoms with Crippen molar-refractivity contribution in [3.63, 3.8) is 0 Å². The Hall–Kier alpha value is -0.480. The zero-order valence-electron chi connectivity index (χ0n) is 7.43. The molecule has 1 aliphatic rings. The Morgan fingerprint density at radius 1 is 1.43 bits per heavy atom. The molecule has 0 spiro atoms. The van der Waals surface area contributed by atoms with Gasteiger partial charge in [0.15, 0.2) is 0 Å². The first-order chi connectivity index (χ1) is 6.68. The van der Waals surface area contributed by atoms with E-state index in [9.17, 15) is 8.78 Å². The Balaban J connectivity index is 2.27. The van der Waals surface area contributed by atoms with E-state index in [1.54, 1.807) is 0 Å². The van der Waals surface area contributed by atoms with Crippen LogP contribution >= 0.6 is 15.9 Å². The molecule has 76 valence electrons. The van der Waals surface area contributed by atoms with Crippen molar-refractivity contribution in [3.8, 4) is 0 Å². The summed E-state index contributed by atoms with van der Waals surface area (Å²) in [6.45, 7) is 0.520. The monoisotopic (exact) mass is 261 g/mol.